The number of imidazole rings is 1. The second-order valence-corrected chi connectivity index (χ2v) is 5.10. The average molecular weight is 294 g/mol. The summed E-state index contributed by atoms with van der Waals surface area (Å²) < 4.78 is 6.83. The molecule has 116 valence electrons. The summed E-state index contributed by atoms with van der Waals surface area (Å²) in [6.07, 6.45) is 4.63. The molecule has 2 rings (SSSR count). The quantitative estimate of drug-likeness (QED) is 0.787. The number of carbonyl (C=O) groups excluding carboxylic acids is 2. The second-order valence-electron chi connectivity index (χ2n) is 5.10. The normalized spacial score (nSPS) is 16.0. The van der Waals surface area contributed by atoms with Crippen molar-refractivity contribution in [1.29, 1.82) is 0 Å². The average Bonchev–Trinajstić information content (AvgIpc) is 2.96. The number of rotatable bonds is 5. The van der Waals surface area contributed by atoms with E-state index < -0.39 is 0 Å². The standard InChI is InChI=1S/C14H22N4O3/c1-2-21-14(20)11-3-6-18(7-4-11)13(19)12-9-17(8-5-15)10-16-12/h9-11H,2-8,15H2,1H3. The van der Waals surface area contributed by atoms with E-state index >= 15 is 0 Å². The smallest absolute Gasteiger partial charge is 0.309 e. The van der Waals surface area contributed by atoms with Gasteiger partial charge < -0.3 is 19.9 Å². The molecule has 0 spiro atoms. The van der Waals surface area contributed by atoms with Crippen molar-refractivity contribution in [2.45, 2.75) is 26.3 Å². The van der Waals surface area contributed by atoms with E-state index in [2.05, 4.69) is 4.98 Å². The number of nitrogens with two attached hydrogens (primary N) is 1. The first-order chi connectivity index (χ1) is 10.2. The van der Waals surface area contributed by atoms with Gasteiger partial charge in [0, 0.05) is 32.4 Å². The Kier molecular flexibility index (Phi) is 5.32. The lowest BCUT2D eigenvalue weighted by molar-refractivity contribution is -0.149. The predicted octanol–water partition coefficient (Wildman–Crippen LogP) is 0.257. The minimum absolute atomic E-state index is 0.0897. The monoisotopic (exact) mass is 294 g/mol. The Morgan fingerprint density at radius 1 is 1.43 bits per heavy atom. The molecule has 0 atom stereocenters. The Hall–Kier alpha value is -1.89. The molecule has 1 aromatic rings. The first-order valence-corrected chi connectivity index (χ1v) is 7.33. The molecule has 1 saturated heterocycles. The number of carbonyl (C=O) groups is 2. The molecule has 7 heteroatoms. The van der Waals surface area contributed by atoms with Gasteiger partial charge in [-0.25, -0.2) is 4.98 Å². The molecule has 0 aromatic carbocycles. The third kappa shape index (κ3) is 3.81. The molecule has 1 aromatic heterocycles. The van der Waals surface area contributed by atoms with Gasteiger partial charge >= 0.3 is 5.97 Å². The molecule has 2 N–H and O–H groups in total. The van der Waals surface area contributed by atoms with Crippen LogP contribution >= 0.6 is 0 Å². The summed E-state index contributed by atoms with van der Waals surface area (Å²) in [5.74, 6) is -0.339. The van der Waals surface area contributed by atoms with Gasteiger partial charge in [0.2, 0.25) is 0 Å². The largest absolute Gasteiger partial charge is 0.466 e. The van der Waals surface area contributed by atoms with Crippen molar-refractivity contribution in [2.75, 3.05) is 26.2 Å². The molecule has 1 amide bonds. The number of ether oxygens (including phenoxy) is 1. The summed E-state index contributed by atoms with van der Waals surface area (Å²) in [6, 6.07) is 0. The van der Waals surface area contributed by atoms with Gasteiger partial charge in [0.15, 0.2) is 0 Å². The number of likely N-dealkylation sites (tertiary alicyclic amines) is 1. The highest BCUT2D eigenvalue weighted by atomic mass is 16.5. The Morgan fingerprint density at radius 2 is 2.14 bits per heavy atom. The molecule has 1 fully saturated rings. The predicted molar refractivity (Wildman–Crippen MR) is 76.5 cm³/mol. The van der Waals surface area contributed by atoms with Crippen molar-refractivity contribution in [1.82, 2.24) is 14.5 Å². The van der Waals surface area contributed by atoms with Crippen LogP contribution in [0.25, 0.3) is 0 Å². The topological polar surface area (TPSA) is 90.5 Å². The van der Waals surface area contributed by atoms with Crippen molar-refractivity contribution >= 4 is 11.9 Å². The first-order valence-electron chi connectivity index (χ1n) is 7.33. The van der Waals surface area contributed by atoms with Crippen LogP contribution in [0.15, 0.2) is 12.5 Å². The number of aromatic nitrogens is 2. The van der Waals surface area contributed by atoms with Crippen molar-refractivity contribution < 1.29 is 14.3 Å². The number of amides is 1. The van der Waals surface area contributed by atoms with Crippen LogP contribution in [0.4, 0.5) is 0 Å². The van der Waals surface area contributed by atoms with Crippen LogP contribution < -0.4 is 5.73 Å². The van der Waals surface area contributed by atoms with Crippen LogP contribution in [0.2, 0.25) is 0 Å². The fraction of sp³-hybridized carbons (Fsp3) is 0.643. The van der Waals surface area contributed by atoms with Gasteiger partial charge in [0.05, 0.1) is 18.9 Å². The molecular weight excluding hydrogens is 272 g/mol. The SMILES string of the molecule is CCOC(=O)C1CCN(C(=O)c2cn(CCN)cn2)CC1. The first kappa shape index (κ1) is 15.5. The maximum atomic E-state index is 12.3. The van der Waals surface area contributed by atoms with Crippen LogP contribution in [0.5, 0.6) is 0 Å². The zero-order chi connectivity index (χ0) is 15.2. The van der Waals surface area contributed by atoms with Gasteiger partial charge in [0.1, 0.15) is 5.69 Å². The van der Waals surface area contributed by atoms with Crippen LogP contribution in [0, 0.1) is 5.92 Å². The third-order valence-corrected chi connectivity index (χ3v) is 3.64. The summed E-state index contributed by atoms with van der Waals surface area (Å²) in [6.45, 7) is 4.48. The van der Waals surface area contributed by atoms with Crippen LogP contribution in [0.3, 0.4) is 0 Å². The van der Waals surface area contributed by atoms with Crippen molar-refractivity contribution in [3.63, 3.8) is 0 Å². The molecule has 0 bridgehead atoms. The molecule has 1 aliphatic rings. The summed E-state index contributed by atoms with van der Waals surface area (Å²) >= 11 is 0. The van der Waals surface area contributed by atoms with E-state index in [9.17, 15) is 9.59 Å². The number of nitrogens with zero attached hydrogens (tertiary/aromatic N) is 3. The van der Waals surface area contributed by atoms with E-state index in [1.165, 1.54) is 0 Å². The van der Waals surface area contributed by atoms with E-state index in [-0.39, 0.29) is 17.8 Å². The Labute approximate surface area is 124 Å². The molecule has 0 saturated carbocycles. The molecule has 0 unspecified atom stereocenters. The fourth-order valence-electron chi connectivity index (χ4n) is 2.48. The van der Waals surface area contributed by atoms with Crippen LogP contribution in [-0.4, -0.2) is 52.6 Å². The lowest BCUT2D eigenvalue weighted by atomic mass is 9.97. The Bertz CT molecular complexity index is 492. The number of hydrogen-bond donors (Lipinski definition) is 1. The lowest BCUT2D eigenvalue weighted by Gasteiger charge is -2.30. The van der Waals surface area contributed by atoms with E-state index in [4.69, 9.17) is 10.5 Å². The van der Waals surface area contributed by atoms with Gasteiger partial charge in [-0.3, -0.25) is 9.59 Å². The summed E-state index contributed by atoms with van der Waals surface area (Å²) in [7, 11) is 0. The number of esters is 1. The molecular formula is C14H22N4O3. The highest BCUT2D eigenvalue weighted by Gasteiger charge is 2.29. The molecule has 7 nitrogen and oxygen atoms in total. The minimum atomic E-state index is -0.156. The summed E-state index contributed by atoms with van der Waals surface area (Å²) in [5.41, 5.74) is 5.90. The van der Waals surface area contributed by atoms with Crippen LogP contribution in [-0.2, 0) is 16.1 Å². The Balaban J connectivity index is 1.89. The zero-order valence-electron chi connectivity index (χ0n) is 12.3. The fourth-order valence-corrected chi connectivity index (χ4v) is 2.48. The highest BCUT2D eigenvalue weighted by Crippen LogP contribution is 2.20. The Morgan fingerprint density at radius 3 is 2.76 bits per heavy atom. The summed E-state index contributed by atoms with van der Waals surface area (Å²) in [5, 5.41) is 0. The van der Waals surface area contributed by atoms with Crippen molar-refractivity contribution in [2.24, 2.45) is 11.7 Å². The van der Waals surface area contributed by atoms with Gasteiger partial charge in [-0.05, 0) is 19.8 Å². The summed E-state index contributed by atoms with van der Waals surface area (Å²) in [4.78, 5) is 29.8. The zero-order valence-corrected chi connectivity index (χ0v) is 12.3. The van der Waals surface area contributed by atoms with Gasteiger partial charge in [-0.2, -0.15) is 0 Å². The van der Waals surface area contributed by atoms with Crippen molar-refractivity contribution in [3.05, 3.63) is 18.2 Å². The third-order valence-electron chi connectivity index (χ3n) is 3.64. The molecule has 2 heterocycles. The molecule has 21 heavy (non-hydrogen) atoms. The van der Waals surface area contributed by atoms with Crippen LogP contribution in [0.1, 0.15) is 30.3 Å². The van der Waals surface area contributed by atoms with E-state index in [1.54, 1.807) is 28.9 Å². The molecule has 1 aliphatic heterocycles. The second kappa shape index (κ2) is 7.21. The van der Waals surface area contributed by atoms with E-state index in [0.717, 1.165) is 0 Å². The molecule has 0 radical (unpaired) electrons. The van der Waals surface area contributed by atoms with Crippen molar-refractivity contribution in [3.8, 4) is 0 Å². The van der Waals surface area contributed by atoms with Gasteiger partial charge in [0.25, 0.3) is 5.91 Å². The van der Waals surface area contributed by atoms with Gasteiger partial charge in [-0.15, -0.1) is 0 Å². The highest BCUT2D eigenvalue weighted by molar-refractivity contribution is 5.92. The molecule has 0 aliphatic carbocycles. The minimum Gasteiger partial charge on any atom is -0.466 e. The lowest BCUT2D eigenvalue weighted by Crippen LogP contribution is -2.40. The van der Waals surface area contributed by atoms with E-state index in [1.807, 2.05) is 0 Å². The maximum absolute atomic E-state index is 12.3. The number of hydrogen-bond acceptors (Lipinski definition) is 5. The maximum Gasteiger partial charge on any atom is 0.309 e. The van der Waals surface area contributed by atoms with Gasteiger partial charge in [-0.1, -0.05) is 0 Å². The number of piperidine rings is 1. The van der Waals surface area contributed by atoms with E-state index in [0.29, 0.717) is 51.3 Å².